The van der Waals surface area contributed by atoms with Crippen LogP contribution in [-0.4, -0.2) is 52.4 Å². The molecule has 2 aromatic rings. The Morgan fingerprint density at radius 2 is 1.55 bits per heavy atom. The van der Waals surface area contributed by atoms with E-state index in [4.69, 9.17) is 0 Å². The van der Waals surface area contributed by atoms with Crippen molar-refractivity contribution in [1.82, 2.24) is 14.4 Å². The average molecular weight is 426 g/mol. The summed E-state index contributed by atoms with van der Waals surface area (Å²) in [5.41, 5.74) is 3.85. The van der Waals surface area contributed by atoms with E-state index in [9.17, 15) is 14.0 Å². The Hall–Kier alpha value is -2.63. The highest BCUT2D eigenvalue weighted by Gasteiger charge is 2.28. The summed E-state index contributed by atoms with van der Waals surface area (Å²) in [5, 5.41) is 0. The lowest BCUT2D eigenvalue weighted by molar-refractivity contribution is -0.131. The van der Waals surface area contributed by atoms with E-state index in [1.807, 2.05) is 11.0 Å². The fraction of sp³-hybridized carbons (Fsp3) is 0.520. The van der Waals surface area contributed by atoms with Gasteiger partial charge in [0.25, 0.3) is 5.91 Å². The molecule has 0 spiro atoms. The molecular formula is C25H32FN3O2. The number of carbonyl (C=O) groups excluding carboxylic acids is 2. The third kappa shape index (κ3) is 4.68. The summed E-state index contributed by atoms with van der Waals surface area (Å²) in [5.74, 6) is -0.207. The molecule has 2 amide bonds. The van der Waals surface area contributed by atoms with Crippen LogP contribution in [0, 0.1) is 19.7 Å². The van der Waals surface area contributed by atoms with Gasteiger partial charge in [0, 0.05) is 43.6 Å². The monoisotopic (exact) mass is 425 g/mol. The molecule has 1 saturated heterocycles. The van der Waals surface area contributed by atoms with E-state index in [-0.39, 0.29) is 24.1 Å². The maximum absolute atomic E-state index is 13.2. The van der Waals surface area contributed by atoms with Gasteiger partial charge in [-0.1, -0.05) is 31.4 Å². The highest BCUT2D eigenvalue weighted by Crippen LogP contribution is 2.32. The maximum Gasteiger partial charge on any atom is 0.255 e. The third-order valence-corrected chi connectivity index (χ3v) is 6.84. The number of hydrogen-bond donors (Lipinski definition) is 0. The molecule has 0 radical (unpaired) electrons. The van der Waals surface area contributed by atoms with Gasteiger partial charge in [0.2, 0.25) is 5.91 Å². The molecule has 1 saturated carbocycles. The summed E-state index contributed by atoms with van der Waals surface area (Å²) < 4.78 is 15.4. The molecule has 5 nitrogen and oxygen atoms in total. The normalized spacial score (nSPS) is 17.8. The van der Waals surface area contributed by atoms with E-state index >= 15 is 0 Å². The average Bonchev–Trinajstić information content (AvgIpc) is 3.09. The summed E-state index contributed by atoms with van der Waals surface area (Å²) in [6.45, 7) is 6.32. The Morgan fingerprint density at radius 1 is 0.935 bits per heavy atom. The van der Waals surface area contributed by atoms with Gasteiger partial charge in [-0.2, -0.15) is 0 Å². The van der Waals surface area contributed by atoms with Crippen molar-refractivity contribution in [1.29, 1.82) is 0 Å². The number of halogens is 1. The van der Waals surface area contributed by atoms with Gasteiger partial charge in [-0.3, -0.25) is 9.59 Å². The van der Waals surface area contributed by atoms with E-state index in [1.54, 1.807) is 17.0 Å². The molecule has 1 aromatic heterocycles. The second-order valence-electron chi connectivity index (χ2n) is 8.92. The Kier molecular flexibility index (Phi) is 6.44. The molecule has 0 unspecified atom stereocenters. The maximum atomic E-state index is 13.2. The Labute approximate surface area is 183 Å². The van der Waals surface area contributed by atoms with Crippen LogP contribution in [0.1, 0.15) is 65.5 Å². The smallest absolute Gasteiger partial charge is 0.255 e. The van der Waals surface area contributed by atoms with Gasteiger partial charge in [-0.25, -0.2) is 4.39 Å². The summed E-state index contributed by atoms with van der Waals surface area (Å²) >= 11 is 0. The topological polar surface area (TPSA) is 45.6 Å². The largest absolute Gasteiger partial charge is 0.345 e. The Balaban J connectivity index is 1.37. The van der Waals surface area contributed by atoms with Gasteiger partial charge >= 0.3 is 0 Å². The highest BCUT2D eigenvalue weighted by molar-refractivity contribution is 5.96. The van der Waals surface area contributed by atoms with Crippen molar-refractivity contribution in [2.24, 2.45) is 0 Å². The Bertz CT molecular complexity index is 936. The SMILES string of the molecule is Cc1cc(C(=O)N2CCN(C(=O)Cc3ccc(F)cc3)CC2)c(C)n1C1CCCCC1. The number of rotatable bonds is 4. The Morgan fingerprint density at radius 3 is 2.19 bits per heavy atom. The minimum Gasteiger partial charge on any atom is -0.345 e. The van der Waals surface area contributed by atoms with E-state index in [1.165, 1.54) is 49.9 Å². The zero-order valence-corrected chi connectivity index (χ0v) is 18.6. The second kappa shape index (κ2) is 9.25. The van der Waals surface area contributed by atoms with Crippen molar-refractivity contribution in [3.63, 3.8) is 0 Å². The van der Waals surface area contributed by atoms with Crippen LogP contribution >= 0.6 is 0 Å². The quantitative estimate of drug-likeness (QED) is 0.734. The molecule has 2 heterocycles. The summed E-state index contributed by atoms with van der Waals surface area (Å²) in [6, 6.07) is 8.60. The van der Waals surface area contributed by atoms with Crippen LogP contribution in [0.25, 0.3) is 0 Å². The van der Waals surface area contributed by atoms with E-state index in [0.29, 0.717) is 32.2 Å². The molecule has 166 valence electrons. The van der Waals surface area contributed by atoms with E-state index in [0.717, 1.165) is 16.8 Å². The third-order valence-electron chi connectivity index (χ3n) is 6.84. The van der Waals surface area contributed by atoms with Crippen LogP contribution in [0.4, 0.5) is 4.39 Å². The van der Waals surface area contributed by atoms with Crippen LogP contribution in [0.5, 0.6) is 0 Å². The van der Waals surface area contributed by atoms with E-state index in [2.05, 4.69) is 18.4 Å². The number of aryl methyl sites for hydroxylation is 1. The molecule has 0 N–H and O–H groups in total. The van der Waals surface area contributed by atoms with Crippen molar-refractivity contribution in [3.05, 3.63) is 58.7 Å². The lowest BCUT2D eigenvalue weighted by atomic mass is 9.95. The number of hydrogen-bond acceptors (Lipinski definition) is 2. The van der Waals surface area contributed by atoms with Crippen LogP contribution in [0.3, 0.4) is 0 Å². The molecule has 1 aliphatic carbocycles. The number of piperazine rings is 1. The van der Waals surface area contributed by atoms with Crippen molar-refractivity contribution < 1.29 is 14.0 Å². The molecule has 2 fully saturated rings. The molecule has 6 heteroatoms. The molecule has 0 bridgehead atoms. The predicted octanol–water partition coefficient (Wildman–Crippen LogP) is 4.28. The van der Waals surface area contributed by atoms with E-state index < -0.39 is 0 Å². The fourth-order valence-corrected chi connectivity index (χ4v) is 5.11. The first-order valence-corrected chi connectivity index (χ1v) is 11.4. The van der Waals surface area contributed by atoms with Crippen molar-refractivity contribution in [2.45, 2.75) is 58.4 Å². The van der Waals surface area contributed by atoms with Gasteiger partial charge in [0.15, 0.2) is 0 Å². The van der Waals surface area contributed by atoms with Gasteiger partial charge in [0.05, 0.1) is 12.0 Å². The molecular weight excluding hydrogens is 393 g/mol. The van der Waals surface area contributed by atoms with Crippen LogP contribution < -0.4 is 0 Å². The molecule has 1 aliphatic heterocycles. The number of amides is 2. The fourth-order valence-electron chi connectivity index (χ4n) is 5.11. The van der Waals surface area contributed by atoms with Crippen LogP contribution in [0.2, 0.25) is 0 Å². The number of aromatic nitrogens is 1. The minimum atomic E-state index is -0.300. The second-order valence-corrected chi connectivity index (χ2v) is 8.92. The molecule has 31 heavy (non-hydrogen) atoms. The van der Waals surface area contributed by atoms with Crippen LogP contribution in [-0.2, 0) is 11.2 Å². The van der Waals surface area contributed by atoms with Gasteiger partial charge in [-0.15, -0.1) is 0 Å². The molecule has 0 atom stereocenters. The van der Waals surface area contributed by atoms with Gasteiger partial charge in [0.1, 0.15) is 5.82 Å². The highest BCUT2D eigenvalue weighted by atomic mass is 19.1. The number of benzene rings is 1. The zero-order valence-electron chi connectivity index (χ0n) is 18.6. The lowest BCUT2D eigenvalue weighted by Crippen LogP contribution is -2.51. The molecule has 4 rings (SSSR count). The number of nitrogens with zero attached hydrogens (tertiary/aromatic N) is 3. The summed E-state index contributed by atoms with van der Waals surface area (Å²) in [4.78, 5) is 29.5. The minimum absolute atomic E-state index is 0.0224. The zero-order chi connectivity index (χ0) is 22.0. The summed E-state index contributed by atoms with van der Waals surface area (Å²) in [7, 11) is 0. The first kappa shape index (κ1) is 21.6. The van der Waals surface area contributed by atoms with Gasteiger partial charge in [-0.05, 0) is 50.5 Å². The first-order chi connectivity index (χ1) is 14.9. The predicted molar refractivity (Wildman–Crippen MR) is 119 cm³/mol. The van der Waals surface area contributed by atoms with Crippen molar-refractivity contribution >= 4 is 11.8 Å². The first-order valence-electron chi connectivity index (χ1n) is 11.4. The van der Waals surface area contributed by atoms with Crippen molar-refractivity contribution in [3.8, 4) is 0 Å². The molecule has 2 aliphatic rings. The lowest BCUT2D eigenvalue weighted by Gasteiger charge is -2.35. The van der Waals surface area contributed by atoms with Crippen molar-refractivity contribution in [2.75, 3.05) is 26.2 Å². The summed E-state index contributed by atoms with van der Waals surface area (Å²) in [6.07, 6.45) is 6.48. The standard InChI is InChI=1S/C25H32FN3O2/c1-18-16-23(19(2)29(18)22-6-4-3-5-7-22)25(31)28-14-12-27(13-15-28)24(30)17-20-8-10-21(26)11-9-20/h8-11,16,22H,3-7,12-15,17H2,1-2H3. The van der Waals surface area contributed by atoms with Gasteiger partial charge < -0.3 is 14.4 Å². The molecule has 1 aromatic carbocycles. The number of carbonyl (C=O) groups is 2. The van der Waals surface area contributed by atoms with Crippen LogP contribution in [0.15, 0.2) is 30.3 Å².